The molecule has 1 fully saturated rings. The molecule has 1 amide bonds. The fraction of sp³-hybridized carbons (Fsp3) is 0.588. The maximum atomic E-state index is 12.4. The summed E-state index contributed by atoms with van der Waals surface area (Å²) in [5.74, 6) is 0.991. The van der Waals surface area contributed by atoms with Gasteiger partial charge in [0.2, 0.25) is 5.91 Å². The number of rotatable bonds is 2. The van der Waals surface area contributed by atoms with Gasteiger partial charge in [-0.05, 0) is 71.1 Å². The third kappa shape index (κ3) is 4.22. The maximum Gasteiger partial charge on any atom is 0.227 e. The molecule has 1 aromatic rings. The lowest BCUT2D eigenvalue weighted by Crippen LogP contribution is -2.31. The van der Waals surface area contributed by atoms with Gasteiger partial charge in [0, 0.05) is 16.1 Å². The molecule has 0 saturated heterocycles. The molecule has 0 aromatic heterocycles. The van der Waals surface area contributed by atoms with Crippen LogP contribution in [0, 0.1) is 17.3 Å². The fourth-order valence-corrected chi connectivity index (χ4v) is 3.58. The first-order valence-corrected chi connectivity index (χ1v) is 8.42. The van der Waals surface area contributed by atoms with Crippen molar-refractivity contribution >= 4 is 33.2 Å². The largest absolute Gasteiger partial charge is 0.399 e. The molecule has 0 bridgehead atoms. The lowest BCUT2D eigenvalue weighted by molar-refractivity contribution is -0.121. The Labute approximate surface area is 135 Å². The molecule has 116 valence electrons. The summed E-state index contributed by atoms with van der Waals surface area (Å²) in [7, 11) is 0. The molecule has 3 nitrogen and oxygen atoms in total. The Morgan fingerprint density at radius 2 is 1.86 bits per heavy atom. The van der Waals surface area contributed by atoms with Crippen molar-refractivity contribution in [2.45, 2.75) is 46.5 Å². The van der Waals surface area contributed by atoms with E-state index >= 15 is 0 Å². The second-order valence-electron chi connectivity index (χ2n) is 7.14. The number of carbonyl (C=O) groups excluding carboxylic acids is 1. The highest BCUT2D eigenvalue weighted by Gasteiger charge is 2.32. The first kappa shape index (κ1) is 16.3. The molecule has 0 radical (unpaired) electrons. The van der Waals surface area contributed by atoms with Gasteiger partial charge in [-0.3, -0.25) is 4.79 Å². The first-order valence-electron chi connectivity index (χ1n) is 7.63. The van der Waals surface area contributed by atoms with Gasteiger partial charge >= 0.3 is 0 Å². The Kier molecular flexibility index (Phi) is 4.97. The van der Waals surface area contributed by atoms with Crippen LogP contribution in [0.15, 0.2) is 22.7 Å². The Hall–Kier alpha value is -1.03. The standard InChI is InChI=1S/C17H25BrN2O/c1-17(2,3)12-6-4-11(5-7-12)16(21)20-15-9-8-13(19)10-14(15)18/h8-12H,4-7,19H2,1-3H3,(H,20,21). The van der Waals surface area contributed by atoms with Crippen molar-refractivity contribution in [1.29, 1.82) is 0 Å². The molecule has 1 aliphatic rings. The molecule has 0 aliphatic heterocycles. The average Bonchev–Trinajstić information content (AvgIpc) is 2.41. The van der Waals surface area contributed by atoms with Crippen LogP contribution in [0.2, 0.25) is 0 Å². The lowest BCUT2D eigenvalue weighted by atomic mass is 9.69. The van der Waals surface area contributed by atoms with Crippen LogP contribution in [-0.2, 0) is 4.79 Å². The van der Waals surface area contributed by atoms with E-state index in [-0.39, 0.29) is 11.8 Å². The topological polar surface area (TPSA) is 55.1 Å². The third-order valence-electron chi connectivity index (χ3n) is 4.57. The SMILES string of the molecule is CC(C)(C)C1CCC(C(=O)Nc2ccc(N)cc2Br)CC1. The van der Waals surface area contributed by atoms with Gasteiger partial charge in [0.05, 0.1) is 5.69 Å². The average molecular weight is 353 g/mol. The predicted molar refractivity (Wildman–Crippen MR) is 92.1 cm³/mol. The Morgan fingerprint density at radius 3 is 2.38 bits per heavy atom. The van der Waals surface area contributed by atoms with Crippen LogP contribution in [0.25, 0.3) is 0 Å². The summed E-state index contributed by atoms with van der Waals surface area (Å²) in [5, 5.41) is 3.02. The monoisotopic (exact) mass is 352 g/mol. The van der Waals surface area contributed by atoms with Crippen LogP contribution < -0.4 is 11.1 Å². The fourth-order valence-electron chi connectivity index (χ4n) is 3.09. The Bertz CT molecular complexity index is 514. The maximum absolute atomic E-state index is 12.4. The van der Waals surface area contributed by atoms with Crippen LogP contribution in [-0.4, -0.2) is 5.91 Å². The van der Waals surface area contributed by atoms with Crippen LogP contribution in [0.3, 0.4) is 0 Å². The summed E-state index contributed by atoms with van der Waals surface area (Å²) in [4.78, 5) is 12.4. The van der Waals surface area contributed by atoms with Crippen molar-refractivity contribution in [1.82, 2.24) is 0 Å². The number of anilines is 2. The molecule has 1 aliphatic carbocycles. The number of amides is 1. The van der Waals surface area contributed by atoms with E-state index in [0.717, 1.165) is 41.8 Å². The van der Waals surface area contributed by atoms with Gasteiger partial charge in [-0.15, -0.1) is 0 Å². The molecule has 0 spiro atoms. The molecule has 2 rings (SSSR count). The molecule has 0 unspecified atom stereocenters. The van der Waals surface area contributed by atoms with Gasteiger partial charge in [0.15, 0.2) is 0 Å². The highest BCUT2D eigenvalue weighted by Crippen LogP contribution is 2.40. The van der Waals surface area contributed by atoms with Gasteiger partial charge in [-0.1, -0.05) is 20.8 Å². The minimum Gasteiger partial charge on any atom is -0.399 e. The zero-order valence-electron chi connectivity index (χ0n) is 13.1. The van der Waals surface area contributed by atoms with E-state index in [9.17, 15) is 4.79 Å². The number of halogens is 1. The highest BCUT2D eigenvalue weighted by atomic mass is 79.9. The van der Waals surface area contributed by atoms with Crippen molar-refractivity contribution < 1.29 is 4.79 Å². The smallest absolute Gasteiger partial charge is 0.227 e. The number of nitrogens with two attached hydrogens (primary N) is 1. The predicted octanol–water partition coefficient (Wildman–Crippen LogP) is 4.82. The summed E-state index contributed by atoms with van der Waals surface area (Å²) >= 11 is 3.44. The van der Waals surface area contributed by atoms with Crippen molar-refractivity contribution in [2.75, 3.05) is 11.1 Å². The zero-order valence-corrected chi connectivity index (χ0v) is 14.7. The van der Waals surface area contributed by atoms with Crippen LogP contribution in [0.5, 0.6) is 0 Å². The second kappa shape index (κ2) is 6.39. The van der Waals surface area contributed by atoms with Crippen LogP contribution in [0.4, 0.5) is 11.4 Å². The van der Waals surface area contributed by atoms with E-state index in [4.69, 9.17) is 5.73 Å². The summed E-state index contributed by atoms with van der Waals surface area (Å²) in [6.07, 6.45) is 4.26. The van der Waals surface area contributed by atoms with E-state index in [0.29, 0.717) is 11.1 Å². The molecule has 0 atom stereocenters. The molecular formula is C17H25BrN2O. The van der Waals surface area contributed by atoms with Gasteiger partial charge in [0.1, 0.15) is 0 Å². The molecule has 4 heteroatoms. The number of benzene rings is 1. The van der Waals surface area contributed by atoms with E-state index in [1.807, 2.05) is 12.1 Å². The minimum atomic E-state index is 0.132. The number of hydrogen-bond donors (Lipinski definition) is 2. The number of nitrogens with one attached hydrogen (secondary N) is 1. The van der Waals surface area contributed by atoms with Crippen LogP contribution >= 0.6 is 15.9 Å². The number of hydrogen-bond acceptors (Lipinski definition) is 2. The highest BCUT2D eigenvalue weighted by molar-refractivity contribution is 9.10. The van der Waals surface area contributed by atoms with Crippen molar-refractivity contribution in [3.05, 3.63) is 22.7 Å². The molecule has 1 aromatic carbocycles. The van der Waals surface area contributed by atoms with E-state index in [1.54, 1.807) is 6.07 Å². The van der Waals surface area contributed by atoms with E-state index in [1.165, 1.54) is 0 Å². The van der Waals surface area contributed by atoms with Crippen molar-refractivity contribution in [3.63, 3.8) is 0 Å². The summed E-state index contributed by atoms with van der Waals surface area (Å²) in [6, 6.07) is 5.46. The molecular weight excluding hydrogens is 328 g/mol. The molecule has 0 heterocycles. The number of nitrogen functional groups attached to an aromatic ring is 1. The quantitative estimate of drug-likeness (QED) is 0.749. The van der Waals surface area contributed by atoms with Gasteiger partial charge < -0.3 is 11.1 Å². The van der Waals surface area contributed by atoms with Gasteiger partial charge in [-0.25, -0.2) is 0 Å². The van der Waals surface area contributed by atoms with E-state index < -0.39 is 0 Å². The molecule has 21 heavy (non-hydrogen) atoms. The zero-order chi connectivity index (χ0) is 15.6. The summed E-state index contributed by atoms with van der Waals surface area (Å²) in [6.45, 7) is 6.89. The van der Waals surface area contributed by atoms with Crippen molar-refractivity contribution in [2.24, 2.45) is 17.3 Å². The lowest BCUT2D eigenvalue weighted by Gasteiger charge is -2.36. The van der Waals surface area contributed by atoms with Gasteiger partial charge in [0.25, 0.3) is 0 Å². The summed E-state index contributed by atoms with van der Waals surface area (Å²) < 4.78 is 0.833. The second-order valence-corrected chi connectivity index (χ2v) is 8.00. The van der Waals surface area contributed by atoms with E-state index in [2.05, 4.69) is 42.0 Å². The number of carbonyl (C=O) groups is 1. The minimum absolute atomic E-state index is 0.132. The summed E-state index contributed by atoms with van der Waals surface area (Å²) in [5.41, 5.74) is 7.55. The normalized spacial score (nSPS) is 22.9. The first-order chi connectivity index (χ1) is 9.77. The molecule has 1 saturated carbocycles. The Morgan fingerprint density at radius 1 is 1.24 bits per heavy atom. The third-order valence-corrected chi connectivity index (χ3v) is 5.23. The van der Waals surface area contributed by atoms with Gasteiger partial charge in [-0.2, -0.15) is 0 Å². The van der Waals surface area contributed by atoms with Crippen LogP contribution in [0.1, 0.15) is 46.5 Å². The molecule has 3 N–H and O–H groups in total. The van der Waals surface area contributed by atoms with Crippen molar-refractivity contribution in [3.8, 4) is 0 Å². The Balaban J connectivity index is 1.93.